The Balaban J connectivity index is 2.19. The SMILES string of the molecule is CCCN(CCC)c1nc(-c2cccc(O)c2)cn2c(C)nnc12. The van der Waals surface area contributed by atoms with Crippen LogP contribution in [0.25, 0.3) is 16.9 Å². The van der Waals surface area contributed by atoms with Crippen molar-refractivity contribution >= 4 is 11.5 Å². The van der Waals surface area contributed by atoms with Gasteiger partial charge in [0.1, 0.15) is 11.6 Å². The lowest BCUT2D eigenvalue weighted by atomic mass is 10.1. The Morgan fingerprint density at radius 1 is 1.12 bits per heavy atom. The van der Waals surface area contributed by atoms with E-state index in [-0.39, 0.29) is 5.75 Å². The zero-order chi connectivity index (χ0) is 17.1. The number of anilines is 1. The molecule has 3 aromatic rings. The molecule has 0 saturated heterocycles. The number of hydrogen-bond acceptors (Lipinski definition) is 5. The van der Waals surface area contributed by atoms with Crippen LogP contribution in [0.1, 0.15) is 32.5 Å². The molecule has 0 aliphatic heterocycles. The highest BCUT2D eigenvalue weighted by atomic mass is 16.3. The number of aromatic hydroxyl groups is 1. The Morgan fingerprint density at radius 2 is 1.88 bits per heavy atom. The molecular formula is C18H23N5O. The van der Waals surface area contributed by atoms with Crippen LogP contribution in [0.5, 0.6) is 5.75 Å². The minimum atomic E-state index is 0.232. The Bertz CT molecular complexity index is 837. The summed E-state index contributed by atoms with van der Waals surface area (Å²) in [5, 5.41) is 18.3. The van der Waals surface area contributed by atoms with Crippen molar-refractivity contribution in [2.45, 2.75) is 33.6 Å². The fraction of sp³-hybridized carbons (Fsp3) is 0.389. The van der Waals surface area contributed by atoms with Crippen LogP contribution in [0.3, 0.4) is 0 Å². The van der Waals surface area contributed by atoms with Gasteiger partial charge in [0.2, 0.25) is 5.65 Å². The van der Waals surface area contributed by atoms with Crippen LogP contribution in [0.4, 0.5) is 5.82 Å². The van der Waals surface area contributed by atoms with E-state index in [1.54, 1.807) is 12.1 Å². The molecule has 24 heavy (non-hydrogen) atoms. The molecule has 2 aromatic heterocycles. The van der Waals surface area contributed by atoms with Crippen molar-refractivity contribution < 1.29 is 5.11 Å². The lowest BCUT2D eigenvalue weighted by molar-refractivity contribution is 0.475. The van der Waals surface area contributed by atoms with Crippen LogP contribution in [-0.2, 0) is 0 Å². The highest BCUT2D eigenvalue weighted by Gasteiger charge is 2.17. The van der Waals surface area contributed by atoms with Crippen molar-refractivity contribution in [3.63, 3.8) is 0 Å². The van der Waals surface area contributed by atoms with Gasteiger partial charge in [-0.05, 0) is 31.9 Å². The van der Waals surface area contributed by atoms with Gasteiger partial charge >= 0.3 is 0 Å². The normalized spacial score (nSPS) is 11.1. The van der Waals surface area contributed by atoms with E-state index in [2.05, 4.69) is 28.9 Å². The molecular weight excluding hydrogens is 302 g/mol. The molecule has 0 saturated carbocycles. The van der Waals surface area contributed by atoms with Crippen molar-refractivity contribution in [1.29, 1.82) is 0 Å². The highest BCUT2D eigenvalue weighted by Crippen LogP contribution is 2.27. The van der Waals surface area contributed by atoms with Crippen LogP contribution in [-0.4, -0.2) is 37.8 Å². The zero-order valence-electron chi connectivity index (χ0n) is 14.4. The van der Waals surface area contributed by atoms with Gasteiger partial charge in [-0.3, -0.25) is 4.40 Å². The predicted molar refractivity (Wildman–Crippen MR) is 95.4 cm³/mol. The molecule has 6 nitrogen and oxygen atoms in total. The van der Waals surface area contributed by atoms with Gasteiger partial charge in [0.15, 0.2) is 5.82 Å². The Hall–Kier alpha value is -2.63. The third-order valence-electron chi connectivity index (χ3n) is 3.97. The summed E-state index contributed by atoms with van der Waals surface area (Å²) in [6, 6.07) is 7.15. The quantitative estimate of drug-likeness (QED) is 0.752. The number of phenolic OH excluding ortho intramolecular Hbond substituents is 1. The van der Waals surface area contributed by atoms with Crippen LogP contribution < -0.4 is 4.90 Å². The van der Waals surface area contributed by atoms with Gasteiger partial charge in [-0.25, -0.2) is 4.98 Å². The van der Waals surface area contributed by atoms with E-state index >= 15 is 0 Å². The number of phenols is 1. The second kappa shape index (κ2) is 6.86. The highest BCUT2D eigenvalue weighted by molar-refractivity contribution is 5.70. The Morgan fingerprint density at radius 3 is 2.54 bits per heavy atom. The fourth-order valence-corrected chi connectivity index (χ4v) is 2.87. The summed E-state index contributed by atoms with van der Waals surface area (Å²) in [6.45, 7) is 8.10. The third-order valence-corrected chi connectivity index (χ3v) is 3.97. The number of aromatic nitrogens is 4. The Kier molecular flexibility index (Phi) is 4.64. The second-order valence-corrected chi connectivity index (χ2v) is 5.93. The van der Waals surface area contributed by atoms with Gasteiger partial charge in [-0.15, -0.1) is 10.2 Å². The number of nitrogens with zero attached hydrogens (tertiary/aromatic N) is 5. The summed E-state index contributed by atoms with van der Waals surface area (Å²) in [6.07, 6.45) is 4.01. The first-order chi connectivity index (χ1) is 11.6. The summed E-state index contributed by atoms with van der Waals surface area (Å²) in [5.41, 5.74) is 2.45. The molecule has 0 aliphatic carbocycles. The number of aryl methyl sites for hydroxylation is 1. The van der Waals surface area contributed by atoms with Crippen molar-refractivity contribution in [3.05, 3.63) is 36.3 Å². The van der Waals surface area contributed by atoms with Crippen molar-refractivity contribution in [3.8, 4) is 17.0 Å². The van der Waals surface area contributed by atoms with E-state index in [9.17, 15) is 5.11 Å². The van der Waals surface area contributed by atoms with Gasteiger partial charge < -0.3 is 10.0 Å². The average Bonchev–Trinajstić information content (AvgIpc) is 2.95. The van der Waals surface area contributed by atoms with Gasteiger partial charge in [0.05, 0.1) is 5.69 Å². The minimum Gasteiger partial charge on any atom is -0.508 e. The molecule has 6 heteroatoms. The molecule has 2 heterocycles. The first kappa shape index (κ1) is 16.2. The molecule has 0 fully saturated rings. The molecule has 0 aliphatic rings. The fourth-order valence-electron chi connectivity index (χ4n) is 2.87. The number of hydrogen-bond donors (Lipinski definition) is 1. The number of rotatable bonds is 6. The molecule has 1 aromatic carbocycles. The molecule has 126 valence electrons. The molecule has 0 spiro atoms. The molecule has 0 unspecified atom stereocenters. The van der Waals surface area contributed by atoms with Crippen molar-refractivity contribution in [2.75, 3.05) is 18.0 Å². The topological polar surface area (TPSA) is 66.5 Å². The summed E-state index contributed by atoms with van der Waals surface area (Å²) in [4.78, 5) is 7.11. The summed E-state index contributed by atoms with van der Waals surface area (Å²) >= 11 is 0. The molecule has 0 atom stereocenters. The largest absolute Gasteiger partial charge is 0.508 e. The molecule has 1 N–H and O–H groups in total. The van der Waals surface area contributed by atoms with Crippen molar-refractivity contribution in [1.82, 2.24) is 19.6 Å². The smallest absolute Gasteiger partial charge is 0.203 e. The monoisotopic (exact) mass is 325 g/mol. The van der Waals surface area contributed by atoms with E-state index in [0.29, 0.717) is 0 Å². The molecule has 0 bridgehead atoms. The minimum absolute atomic E-state index is 0.232. The lowest BCUT2D eigenvalue weighted by Crippen LogP contribution is -2.26. The average molecular weight is 325 g/mol. The maximum absolute atomic E-state index is 9.78. The first-order valence-electron chi connectivity index (χ1n) is 8.40. The summed E-state index contributed by atoms with van der Waals surface area (Å²) in [5.74, 6) is 1.90. The number of fused-ring (bicyclic) bond motifs is 1. The van der Waals surface area contributed by atoms with Gasteiger partial charge in [-0.1, -0.05) is 26.0 Å². The predicted octanol–water partition coefficient (Wildman–Crippen LogP) is 3.43. The number of benzene rings is 1. The van der Waals surface area contributed by atoms with E-state index < -0.39 is 0 Å². The summed E-state index contributed by atoms with van der Waals surface area (Å²) < 4.78 is 1.97. The maximum atomic E-state index is 9.78. The van der Waals surface area contributed by atoms with Crippen LogP contribution in [0.2, 0.25) is 0 Å². The van der Waals surface area contributed by atoms with E-state index in [1.807, 2.05) is 29.7 Å². The van der Waals surface area contributed by atoms with Crippen molar-refractivity contribution in [2.24, 2.45) is 0 Å². The first-order valence-corrected chi connectivity index (χ1v) is 8.40. The molecule has 0 amide bonds. The van der Waals surface area contributed by atoms with E-state index in [1.165, 1.54) is 0 Å². The molecule has 3 rings (SSSR count). The summed E-state index contributed by atoms with van der Waals surface area (Å²) in [7, 11) is 0. The maximum Gasteiger partial charge on any atom is 0.203 e. The van der Waals surface area contributed by atoms with Crippen LogP contribution in [0.15, 0.2) is 30.5 Å². The second-order valence-electron chi connectivity index (χ2n) is 5.93. The molecule has 0 radical (unpaired) electrons. The van der Waals surface area contributed by atoms with E-state index in [0.717, 1.165) is 54.5 Å². The standard InChI is InChI=1S/C18H23N5O/c1-4-9-22(10-5-2)17-18-21-20-13(3)23(18)12-16(19-17)14-7-6-8-15(24)11-14/h6-8,11-12,24H,4-5,9-10H2,1-3H3. The lowest BCUT2D eigenvalue weighted by Gasteiger charge is -2.23. The van der Waals surface area contributed by atoms with Crippen LogP contribution >= 0.6 is 0 Å². The van der Waals surface area contributed by atoms with E-state index in [4.69, 9.17) is 4.98 Å². The van der Waals surface area contributed by atoms with Crippen LogP contribution in [0, 0.1) is 6.92 Å². The Labute approximate surface area is 141 Å². The van der Waals surface area contributed by atoms with Gasteiger partial charge in [0.25, 0.3) is 0 Å². The zero-order valence-corrected chi connectivity index (χ0v) is 14.4. The van der Waals surface area contributed by atoms with Gasteiger partial charge in [-0.2, -0.15) is 0 Å². The third kappa shape index (κ3) is 3.04. The van der Waals surface area contributed by atoms with Gasteiger partial charge in [0, 0.05) is 24.8 Å².